The number of rotatable bonds is 12. The highest BCUT2D eigenvalue weighted by molar-refractivity contribution is 7.86. The molecule has 0 saturated carbocycles. The van der Waals surface area contributed by atoms with Gasteiger partial charge in [0.1, 0.15) is 5.75 Å². The van der Waals surface area contributed by atoms with Crippen molar-refractivity contribution in [3.05, 3.63) is 59.7 Å². The van der Waals surface area contributed by atoms with Crippen molar-refractivity contribution in [3.8, 4) is 11.8 Å². The molecule has 162 valence electrons. The van der Waals surface area contributed by atoms with E-state index in [2.05, 4.69) is 13.0 Å². The van der Waals surface area contributed by atoms with E-state index in [1.54, 1.807) is 43.5 Å². The first kappa shape index (κ1) is 23.9. The zero-order valence-electron chi connectivity index (χ0n) is 18.0. The Bertz CT molecular complexity index is 915. The molecule has 0 N–H and O–H groups in total. The van der Waals surface area contributed by atoms with E-state index in [4.69, 9.17) is 8.92 Å². The van der Waals surface area contributed by atoms with Crippen LogP contribution in [-0.2, 0) is 14.3 Å². The largest absolute Gasteiger partial charge is 0.497 e. The minimum atomic E-state index is -3.90. The van der Waals surface area contributed by atoms with Crippen molar-refractivity contribution in [2.24, 2.45) is 0 Å². The van der Waals surface area contributed by atoms with Gasteiger partial charge in [-0.15, -0.1) is 0 Å². The highest BCUT2D eigenvalue weighted by Crippen LogP contribution is 2.28. The van der Waals surface area contributed by atoms with Crippen LogP contribution < -0.4 is 4.74 Å². The summed E-state index contributed by atoms with van der Waals surface area (Å²) in [7, 11) is -2.30. The van der Waals surface area contributed by atoms with Gasteiger partial charge in [0, 0.05) is 0 Å². The van der Waals surface area contributed by atoms with Crippen LogP contribution in [0.5, 0.6) is 5.75 Å². The average Bonchev–Trinajstić information content (AvgIpc) is 2.75. The Kier molecular flexibility index (Phi) is 9.35. The van der Waals surface area contributed by atoms with Gasteiger partial charge >= 0.3 is 0 Å². The molecule has 0 unspecified atom stereocenters. The van der Waals surface area contributed by atoms with E-state index in [0.717, 1.165) is 36.8 Å². The number of unbranched alkanes of at least 4 members (excludes halogenated alkanes) is 3. The lowest BCUT2D eigenvalue weighted by molar-refractivity contribution is 0.180. The van der Waals surface area contributed by atoms with Crippen LogP contribution in [0.15, 0.2) is 53.4 Å². The summed E-state index contributed by atoms with van der Waals surface area (Å²) in [5, 5.41) is 9.72. The molecule has 0 heterocycles. The second-order valence-corrected chi connectivity index (χ2v) is 9.10. The SMILES string of the molecule is CCCCCC[C@H](C[C@@H](C#N)c1ccc(OC)cc1)OS(=O)(=O)c1ccc(C)cc1. The van der Waals surface area contributed by atoms with Crippen molar-refractivity contribution < 1.29 is 17.3 Å². The van der Waals surface area contributed by atoms with Gasteiger partial charge in [0.25, 0.3) is 10.1 Å². The Morgan fingerprint density at radius 2 is 1.67 bits per heavy atom. The van der Waals surface area contributed by atoms with Crippen LogP contribution in [0.4, 0.5) is 0 Å². The van der Waals surface area contributed by atoms with Crippen LogP contribution in [-0.4, -0.2) is 21.6 Å². The van der Waals surface area contributed by atoms with Gasteiger partial charge in [-0.3, -0.25) is 4.18 Å². The van der Waals surface area contributed by atoms with Crippen molar-refractivity contribution in [2.75, 3.05) is 7.11 Å². The highest BCUT2D eigenvalue weighted by atomic mass is 32.2. The monoisotopic (exact) mass is 429 g/mol. The molecule has 0 radical (unpaired) electrons. The molecule has 0 aliphatic rings. The van der Waals surface area contributed by atoms with Crippen molar-refractivity contribution in [1.29, 1.82) is 5.26 Å². The maximum atomic E-state index is 12.8. The van der Waals surface area contributed by atoms with Crippen LogP contribution >= 0.6 is 0 Å². The lowest BCUT2D eigenvalue weighted by Crippen LogP contribution is -2.21. The van der Waals surface area contributed by atoms with E-state index < -0.39 is 22.1 Å². The third-order valence-electron chi connectivity index (χ3n) is 5.12. The van der Waals surface area contributed by atoms with E-state index in [-0.39, 0.29) is 4.90 Å². The summed E-state index contributed by atoms with van der Waals surface area (Å²) in [6, 6.07) is 16.2. The third kappa shape index (κ3) is 7.16. The van der Waals surface area contributed by atoms with Gasteiger partial charge in [0.2, 0.25) is 0 Å². The van der Waals surface area contributed by atoms with Crippen LogP contribution in [0.2, 0.25) is 0 Å². The summed E-state index contributed by atoms with van der Waals surface area (Å²) in [5.41, 5.74) is 1.81. The Morgan fingerprint density at radius 3 is 2.23 bits per heavy atom. The average molecular weight is 430 g/mol. The molecule has 2 atom stereocenters. The number of hydrogen-bond acceptors (Lipinski definition) is 5. The van der Waals surface area contributed by atoms with E-state index in [0.29, 0.717) is 18.6 Å². The number of hydrogen-bond donors (Lipinski definition) is 0. The quantitative estimate of drug-likeness (QED) is 0.317. The van der Waals surface area contributed by atoms with E-state index >= 15 is 0 Å². The number of aryl methyl sites for hydroxylation is 1. The maximum absolute atomic E-state index is 12.8. The number of benzene rings is 2. The predicted molar refractivity (Wildman–Crippen MR) is 118 cm³/mol. The second-order valence-electron chi connectivity index (χ2n) is 7.53. The molecule has 0 spiro atoms. The first-order valence-corrected chi connectivity index (χ1v) is 11.8. The smallest absolute Gasteiger partial charge is 0.297 e. The van der Waals surface area contributed by atoms with Gasteiger partial charge in [-0.1, -0.05) is 62.4 Å². The minimum Gasteiger partial charge on any atom is -0.497 e. The number of methoxy groups -OCH3 is 1. The number of ether oxygens (including phenoxy) is 1. The highest BCUT2D eigenvalue weighted by Gasteiger charge is 2.25. The molecule has 0 fully saturated rings. The molecular formula is C24H31NO4S. The fourth-order valence-electron chi connectivity index (χ4n) is 3.31. The van der Waals surface area contributed by atoms with Crippen LogP contribution in [0.25, 0.3) is 0 Å². The molecule has 2 rings (SSSR count). The topological polar surface area (TPSA) is 76.4 Å². The van der Waals surface area contributed by atoms with Gasteiger partial charge < -0.3 is 4.74 Å². The van der Waals surface area contributed by atoms with Gasteiger partial charge in [-0.25, -0.2) is 0 Å². The van der Waals surface area contributed by atoms with Gasteiger partial charge in [0.05, 0.1) is 30.1 Å². The lowest BCUT2D eigenvalue weighted by Gasteiger charge is -2.20. The van der Waals surface area contributed by atoms with E-state index in [9.17, 15) is 13.7 Å². The molecule has 0 aromatic heterocycles. The summed E-state index contributed by atoms with van der Waals surface area (Å²) < 4.78 is 36.4. The van der Waals surface area contributed by atoms with Crippen LogP contribution in [0.1, 0.15) is 62.5 Å². The van der Waals surface area contributed by atoms with Gasteiger partial charge in [-0.05, 0) is 49.6 Å². The Hall–Kier alpha value is -2.36. The Labute approximate surface area is 180 Å². The molecule has 0 saturated heterocycles. The van der Waals surface area contributed by atoms with E-state index in [1.165, 1.54) is 0 Å². The molecule has 0 bridgehead atoms. The van der Waals surface area contributed by atoms with Crippen LogP contribution in [0.3, 0.4) is 0 Å². The zero-order valence-corrected chi connectivity index (χ0v) is 18.8. The summed E-state index contributed by atoms with van der Waals surface area (Å²) in [5.74, 6) is 0.255. The van der Waals surface area contributed by atoms with Gasteiger partial charge in [0.15, 0.2) is 0 Å². The molecule has 0 aliphatic carbocycles. The van der Waals surface area contributed by atoms with Gasteiger partial charge in [-0.2, -0.15) is 13.7 Å². The molecule has 30 heavy (non-hydrogen) atoms. The van der Waals surface area contributed by atoms with Crippen molar-refractivity contribution in [2.45, 2.75) is 69.3 Å². The third-order valence-corrected chi connectivity index (χ3v) is 6.50. The zero-order chi connectivity index (χ0) is 22.0. The fourth-order valence-corrected chi connectivity index (χ4v) is 4.42. The summed E-state index contributed by atoms with van der Waals surface area (Å²) in [4.78, 5) is 0.143. The summed E-state index contributed by atoms with van der Waals surface area (Å²) in [6.07, 6.45) is 4.43. The molecule has 2 aromatic rings. The fraction of sp³-hybridized carbons (Fsp3) is 0.458. The minimum absolute atomic E-state index is 0.143. The van der Waals surface area contributed by atoms with Crippen molar-refractivity contribution in [3.63, 3.8) is 0 Å². The maximum Gasteiger partial charge on any atom is 0.297 e. The summed E-state index contributed by atoms with van der Waals surface area (Å²) in [6.45, 7) is 4.03. The normalized spacial score (nSPS) is 13.4. The van der Waals surface area contributed by atoms with E-state index in [1.807, 2.05) is 19.1 Å². The Balaban J connectivity index is 2.17. The molecule has 0 aliphatic heterocycles. The molecular weight excluding hydrogens is 398 g/mol. The predicted octanol–water partition coefficient (Wildman–Crippen LogP) is 5.75. The first-order valence-electron chi connectivity index (χ1n) is 10.4. The lowest BCUT2D eigenvalue weighted by atomic mass is 9.92. The van der Waals surface area contributed by atoms with Crippen molar-refractivity contribution in [1.82, 2.24) is 0 Å². The molecule has 0 amide bonds. The summed E-state index contributed by atoms with van der Waals surface area (Å²) >= 11 is 0. The second kappa shape index (κ2) is 11.7. The first-order chi connectivity index (χ1) is 14.4. The number of nitriles is 1. The molecule has 5 nitrogen and oxygen atoms in total. The van der Waals surface area contributed by atoms with Crippen LogP contribution in [0, 0.1) is 18.3 Å². The standard InChI is InChI=1S/C24H31NO4S/c1-4-5-6-7-8-23(29-30(26,27)24-15-9-19(2)10-16-24)17-21(18-25)20-11-13-22(28-3)14-12-20/h9-16,21,23H,4-8,17H2,1-3H3/t21-,23+/m0/s1. The number of nitrogens with zero attached hydrogens (tertiary/aromatic N) is 1. The Morgan fingerprint density at radius 1 is 1.00 bits per heavy atom. The molecule has 2 aromatic carbocycles. The van der Waals surface area contributed by atoms with Crippen molar-refractivity contribution >= 4 is 10.1 Å². The molecule has 6 heteroatoms.